The van der Waals surface area contributed by atoms with Gasteiger partial charge in [-0.15, -0.1) is 0 Å². The van der Waals surface area contributed by atoms with E-state index < -0.39 is 10.0 Å². The van der Waals surface area contributed by atoms with Crippen molar-refractivity contribution in [1.82, 2.24) is 9.62 Å². The molecular weight excluding hydrogens is 362 g/mol. The summed E-state index contributed by atoms with van der Waals surface area (Å²) in [4.78, 5) is 13.7. The predicted octanol–water partition coefficient (Wildman–Crippen LogP) is 1.05. The normalized spacial score (nSPS) is 17.6. The molecule has 0 radical (unpaired) electrons. The molecule has 27 heavy (non-hydrogen) atoms. The molecule has 1 aromatic rings. The summed E-state index contributed by atoms with van der Waals surface area (Å²) < 4.78 is 26.8. The number of nitrogens with zero attached hydrogens (tertiary/aromatic N) is 1. The molecule has 152 valence electrons. The Hall–Kier alpha value is -1.44. The third-order valence-electron chi connectivity index (χ3n) is 5.12. The van der Waals surface area contributed by atoms with Crippen LogP contribution in [0, 0.1) is 0 Å². The van der Waals surface area contributed by atoms with Gasteiger partial charge in [0.15, 0.2) is 6.54 Å². The number of piperazine rings is 1. The van der Waals surface area contributed by atoms with E-state index >= 15 is 0 Å². The van der Waals surface area contributed by atoms with Crippen LogP contribution in [0.3, 0.4) is 0 Å². The van der Waals surface area contributed by atoms with Crippen molar-refractivity contribution in [3.63, 3.8) is 0 Å². The van der Waals surface area contributed by atoms with E-state index in [0.717, 1.165) is 17.7 Å². The van der Waals surface area contributed by atoms with Gasteiger partial charge in [0.25, 0.3) is 5.91 Å². The highest BCUT2D eigenvalue weighted by molar-refractivity contribution is 7.89. The molecule has 1 saturated heterocycles. The number of benzene rings is 1. The Morgan fingerprint density at radius 1 is 1.15 bits per heavy atom. The van der Waals surface area contributed by atoms with Gasteiger partial charge in [0.1, 0.15) is 0 Å². The molecular formula is C20H34N3O3S+. The first-order chi connectivity index (χ1) is 12.9. The largest absolute Gasteiger partial charge is 0.349 e. The minimum Gasteiger partial charge on any atom is -0.349 e. The monoisotopic (exact) mass is 396 g/mol. The number of hydrogen-bond donors (Lipinski definition) is 2. The molecule has 0 aromatic heterocycles. The number of sulfonamides is 1. The summed E-state index contributed by atoms with van der Waals surface area (Å²) in [6.45, 7) is 6.88. The lowest BCUT2D eigenvalue weighted by Crippen LogP contribution is -3.15. The summed E-state index contributed by atoms with van der Waals surface area (Å²) in [5.74, 6) is 0.0624. The van der Waals surface area contributed by atoms with Crippen molar-refractivity contribution < 1.29 is 18.1 Å². The molecule has 1 fully saturated rings. The lowest BCUT2D eigenvalue weighted by atomic mass is 10.1. The Kier molecular flexibility index (Phi) is 8.73. The predicted molar refractivity (Wildman–Crippen MR) is 107 cm³/mol. The maximum absolute atomic E-state index is 12.6. The molecule has 1 amide bonds. The highest BCUT2D eigenvalue weighted by atomic mass is 32.2. The Morgan fingerprint density at radius 2 is 1.81 bits per heavy atom. The van der Waals surface area contributed by atoms with Crippen molar-refractivity contribution in [2.75, 3.05) is 32.7 Å². The van der Waals surface area contributed by atoms with Crippen LogP contribution in [0.2, 0.25) is 0 Å². The van der Waals surface area contributed by atoms with E-state index in [1.54, 1.807) is 24.3 Å². The number of unbranched alkanes of at least 4 members (excludes halogenated alkanes) is 3. The minimum atomic E-state index is -3.43. The Bertz CT molecular complexity index is 671. The zero-order valence-electron chi connectivity index (χ0n) is 16.6. The van der Waals surface area contributed by atoms with Crippen molar-refractivity contribution in [2.24, 2.45) is 0 Å². The zero-order chi connectivity index (χ0) is 19.7. The molecule has 2 rings (SSSR count). The third kappa shape index (κ3) is 6.90. The van der Waals surface area contributed by atoms with Gasteiger partial charge in [-0.25, -0.2) is 8.42 Å². The number of carbonyl (C=O) groups is 1. The quantitative estimate of drug-likeness (QED) is 0.581. The van der Waals surface area contributed by atoms with Crippen molar-refractivity contribution in [3.8, 4) is 0 Å². The topological polar surface area (TPSA) is 70.9 Å². The van der Waals surface area contributed by atoms with Crippen LogP contribution in [0.4, 0.5) is 0 Å². The van der Waals surface area contributed by atoms with Crippen LogP contribution in [0.1, 0.15) is 46.0 Å². The van der Waals surface area contributed by atoms with Crippen LogP contribution >= 0.6 is 0 Å². The standard InChI is InChI=1S/C20H33N3O3S/c1-3-4-5-7-10-18(2)21-20(24)17-22-13-15-23(16-14-22)27(25,26)19-11-8-6-9-12-19/h6,8-9,11-12,18H,3-5,7,10,13-17H2,1-2H3,(H,21,24)/p+1/t18-/m1/s1. The molecule has 1 heterocycles. The smallest absolute Gasteiger partial charge is 0.275 e. The number of quaternary nitrogens is 1. The minimum absolute atomic E-state index is 0.0624. The van der Waals surface area contributed by atoms with E-state index in [1.807, 2.05) is 6.07 Å². The van der Waals surface area contributed by atoms with Gasteiger partial charge in [-0.3, -0.25) is 4.79 Å². The van der Waals surface area contributed by atoms with Crippen LogP contribution in [-0.4, -0.2) is 57.4 Å². The van der Waals surface area contributed by atoms with Crippen LogP contribution in [0.15, 0.2) is 35.2 Å². The summed E-state index contributed by atoms with van der Waals surface area (Å²) >= 11 is 0. The van der Waals surface area contributed by atoms with E-state index in [9.17, 15) is 13.2 Å². The molecule has 1 aliphatic heterocycles. The SMILES string of the molecule is CCCCCC[C@@H](C)NC(=O)C[NH+]1CCN(S(=O)(=O)c2ccccc2)CC1. The number of amides is 1. The fourth-order valence-corrected chi connectivity index (χ4v) is 4.93. The van der Waals surface area contributed by atoms with Gasteiger partial charge in [0.05, 0.1) is 31.1 Å². The van der Waals surface area contributed by atoms with Gasteiger partial charge < -0.3 is 10.2 Å². The average Bonchev–Trinajstić information content (AvgIpc) is 2.66. The van der Waals surface area contributed by atoms with Crippen molar-refractivity contribution in [2.45, 2.75) is 56.9 Å². The lowest BCUT2D eigenvalue weighted by molar-refractivity contribution is -0.895. The first-order valence-electron chi connectivity index (χ1n) is 10.1. The molecule has 2 N–H and O–H groups in total. The van der Waals surface area contributed by atoms with Gasteiger partial charge in [0.2, 0.25) is 10.0 Å². The van der Waals surface area contributed by atoms with E-state index in [1.165, 1.54) is 23.6 Å². The van der Waals surface area contributed by atoms with Crippen LogP contribution in [0.25, 0.3) is 0 Å². The molecule has 7 heteroatoms. The molecule has 0 aliphatic carbocycles. The highest BCUT2D eigenvalue weighted by Gasteiger charge is 2.31. The van der Waals surface area contributed by atoms with Crippen molar-refractivity contribution in [3.05, 3.63) is 30.3 Å². The molecule has 0 saturated carbocycles. The summed E-state index contributed by atoms with van der Waals surface area (Å²) in [6, 6.07) is 8.75. The number of carbonyl (C=O) groups excluding carboxylic acids is 1. The summed E-state index contributed by atoms with van der Waals surface area (Å²) in [7, 11) is -3.43. The molecule has 0 unspecified atom stereocenters. The second-order valence-electron chi connectivity index (χ2n) is 7.46. The third-order valence-corrected chi connectivity index (χ3v) is 7.03. The summed E-state index contributed by atoms with van der Waals surface area (Å²) in [6.07, 6.45) is 5.86. The van der Waals surface area contributed by atoms with Crippen LogP contribution in [0.5, 0.6) is 0 Å². The summed E-state index contributed by atoms with van der Waals surface area (Å²) in [5.41, 5.74) is 0. The molecule has 1 aromatic carbocycles. The zero-order valence-corrected chi connectivity index (χ0v) is 17.4. The maximum Gasteiger partial charge on any atom is 0.275 e. The second kappa shape index (κ2) is 10.8. The van der Waals surface area contributed by atoms with Crippen LogP contribution < -0.4 is 10.2 Å². The first kappa shape index (κ1) is 21.9. The number of nitrogens with one attached hydrogen (secondary N) is 2. The van der Waals surface area contributed by atoms with E-state index in [2.05, 4.69) is 19.2 Å². The van der Waals surface area contributed by atoms with Gasteiger partial charge >= 0.3 is 0 Å². The maximum atomic E-state index is 12.6. The van der Waals surface area contributed by atoms with Gasteiger partial charge in [-0.1, -0.05) is 50.8 Å². The molecule has 1 aliphatic rings. The van der Waals surface area contributed by atoms with E-state index in [4.69, 9.17) is 0 Å². The first-order valence-corrected chi connectivity index (χ1v) is 11.6. The number of rotatable bonds is 10. The molecule has 0 spiro atoms. The van der Waals surface area contributed by atoms with E-state index in [0.29, 0.717) is 37.6 Å². The Morgan fingerprint density at radius 3 is 2.44 bits per heavy atom. The lowest BCUT2D eigenvalue weighted by Gasteiger charge is -2.31. The fourth-order valence-electron chi connectivity index (χ4n) is 3.46. The molecule has 1 atom stereocenters. The molecule has 0 bridgehead atoms. The van der Waals surface area contributed by atoms with Gasteiger partial charge in [-0.2, -0.15) is 4.31 Å². The fraction of sp³-hybridized carbons (Fsp3) is 0.650. The number of hydrogen-bond acceptors (Lipinski definition) is 3. The van der Waals surface area contributed by atoms with Gasteiger partial charge in [0, 0.05) is 6.04 Å². The van der Waals surface area contributed by atoms with Crippen LogP contribution in [-0.2, 0) is 14.8 Å². The Balaban J connectivity index is 1.73. The van der Waals surface area contributed by atoms with E-state index in [-0.39, 0.29) is 11.9 Å². The van der Waals surface area contributed by atoms with Crippen molar-refractivity contribution >= 4 is 15.9 Å². The summed E-state index contributed by atoms with van der Waals surface area (Å²) in [5, 5.41) is 3.08. The van der Waals surface area contributed by atoms with Crippen molar-refractivity contribution in [1.29, 1.82) is 0 Å². The van der Waals surface area contributed by atoms with Gasteiger partial charge in [-0.05, 0) is 25.5 Å². The Labute approximate surface area is 164 Å². The average molecular weight is 397 g/mol. The second-order valence-corrected chi connectivity index (χ2v) is 9.40. The highest BCUT2D eigenvalue weighted by Crippen LogP contribution is 2.14. The molecule has 6 nitrogen and oxygen atoms in total.